The average Bonchev–Trinajstić information content (AvgIpc) is 2.17. The molecule has 4 heteroatoms. The van der Waals surface area contributed by atoms with E-state index < -0.39 is 0 Å². The van der Waals surface area contributed by atoms with Crippen molar-refractivity contribution in [3.8, 4) is 0 Å². The highest BCUT2D eigenvalue weighted by Crippen LogP contribution is 2.25. The van der Waals surface area contributed by atoms with E-state index >= 15 is 0 Å². The molecule has 0 amide bonds. The van der Waals surface area contributed by atoms with E-state index in [1.54, 1.807) is 11.3 Å². The first-order valence-electron chi connectivity index (χ1n) is 2.33. The van der Waals surface area contributed by atoms with Crippen molar-refractivity contribution in [2.24, 2.45) is 0 Å². The highest BCUT2D eigenvalue weighted by Gasteiger charge is 1.94. The lowest BCUT2D eigenvalue weighted by atomic mass is 10.5. The van der Waals surface area contributed by atoms with E-state index in [4.69, 9.17) is 11.6 Å². The molecule has 1 aromatic heterocycles. The first kappa shape index (κ1) is 7.79. The summed E-state index contributed by atoms with van der Waals surface area (Å²) >= 11 is 11.3. The summed E-state index contributed by atoms with van der Waals surface area (Å²) in [6.45, 7) is 0. The maximum atomic E-state index is 5.68. The van der Waals surface area contributed by atoms with Crippen LogP contribution in [-0.2, 0) is 5.75 Å². The lowest BCUT2D eigenvalue weighted by Gasteiger charge is -1.85. The van der Waals surface area contributed by atoms with Gasteiger partial charge in [-0.05, 0) is 12.1 Å². The molecular formula is C5H5ClS3. The Labute approximate surface area is 72.4 Å². The van der Waals surface area contributed by atoms with E-state index in [1.165, 1.54) is 15.7 Å². The van der Waals surface area contributed by atoms with Gasteiger partial charge in [0, 0.05) is 10.6 Å². The van der Waals surface area contributed by atoms with Crippen LogP contribution in [0.3, 0.4) is 0 Å². The van der Waals surface area contributed by atoms with Gasteiger partial charge < -0.3 is 0 Å². The Morgan fingerprint density at radius 3 is 2.89 bits per heavy atom. The average molecular weight is 197 g/mol. The van der Waals surface area contributed by atoms with E-state index in [-0.39, 0.29) is 0 Å². The van der Waals surface area contributed by atoms with Crippen LogP contribution >= 0.6 is 45.4 Å². The standard InChI is InChI=1S/C5H5ClS3/c6-5-2-1-4(9-5)3-8-7/h1-2,7H,3H2. The van der Waals surface area contributed by atoms with E-state index in [2.05, 4.69) is 11.7 Å². The molecule has 0 aromatic carbocycles. The monoisotopic (exact) mass is 196 g/mol. The predicted octanol–water partition coefficient (Wildman–Crippen LogP) is 3.48. The van der Waals surface area contributed by atoms with Crippen molar-refractivity contribution in [2.45, 2.75) is 5.75 Å². The molecule has 0 atom stereocenters. The molecule has 0 bridgehead atoms. The maximum absolute atomic E-state index is 5.68. The second-order valence-electron chi connectivity index (χ2n) is 1.48. The molecule has 0 aliphatic heterocycles. The molecule has 0 aliphatic rings. The molecule has 50 valence electrons. The first-order chi connectivity index (χ1) is 4.33. The second kappa shape index (κ2) is 3.76. The predicted molar refractivity (Wildman–Crippen MR) is 49.6 cm³/mol. The summed E-state index contributed by atoms with van der Waals surface area (Å²) in [7, 11) is 1.51. The third kappa shape index (κ3) is 2.42. The second-order valence-corrected chi connectivity index (χ2v) is 4.60. The zero-order chi connectivity index (χ0) is 6.69. The maximum Gasteiger partial charge on any atom is 0.0931 e. The summed E-state index contributed by atoms with van der Waals surface area (Å²) in [6, 6.07) is 3.93. The minimum atomic E-state index is 0.854. The Morgan fingerprint density at radius 2 is 2.44 bits per heavy atom. The third-order valence-electron chi connectivity index (χ3n) is 0.836. The zero-order valence-electron chi connectivity index (χ0n) is 4.50. The van der Waals surface area contributed by atoms with Crippen molar-refractivity contribution in [2.75, 3.05) is 0 Å². The fraction of sp³-hybridized carbons (Fsp3) is 0.200. The van der Waals surface area contributed by atoms with Crippen molar-refractivity contribution in [1.29, 1.82) is 0 Å². The summed E-state index contributed by atoms with van der Waals surface area (Å²) < 4.78 is 0.854. The van der Waals surface area contributed by atoms with Crippen LogP contribution in [-0.4, -0.2) is 0 Å². The molecule has 0 aliphatic carbocycles. The molecule has 0 unspecified atom stereocenters. The van der Waals surface area contributed by atoms with E-state index in [0.717, 1.165) is 10.1 Å². The number of halogens is 1. The SMILES string of the molecule is SSCc1ccc(Cl)s1. The Hall–Kier alpha value is 0.690. The summed E-state index contributed by atoms with van der Waals surface area (Å²) in [6.07, 6.45) is 0. The van der Waals surface area contributed by atoms with Crippen LogP contribution in [0.25, 0.3) is 0 Å². The number of hydrogen-bond donors (Lipinski definition) is 1. The van der Waals surface area contributed by atoms with E-state index in [1.807, 2.05) is 12.1 Å². The third-order valence-corrected chi connectivity index (χ3v) is 3.08. The van der Waals surface area contributed by atoms with Crippen molar-refractivity contribution < 1.29 is 0 Å². The molecule has 9 heavy (non-hydrogen) atoms. The van der Waals surface area contributed by atoms with Crippen LogP contribution in [0.1, 0.15) is 4.88 Å². The van der Waals surface area contributed by atoms with Crippen molar-refractivity contribution >= 4 is 45.4 Å². The van der Waals surface area contributed by atoms with Crippen LogP contribution in [0.2, 0.25) is 4.34 Å². The first-order valence-corrected chi connectivity index (χ1v) is 5.57. The molecule has 0 nitrogen and oxygen atoms in total. The molecule has 1 aromatic rings. The highest BCUT2D eigenvalue weighted by molar-refractivity contribution is 8.68. The fourth-order valence-corrected chi connectivity index (χ4v) is 2.69. The normalized spacial score (nSPS) is 10.0. The van der Waals surface area contributed by atoms with Gasteiger partial charge in [-0.25, -0.2) is 0 Å². The number of thiophene rings is 1. The van der Waals surface area contributed by atoms with Gasteiger partial charge in [0.05, 0.1) is 4.34 Å². The molecule has 1 rings (SSSR count). The summed E-state index contributed by atoms with van der Waals surface area (Å²) in [5.74, 6) is 0.945. The van der Waals surface area contributed by atoms with E-state index in [9.17, 15) is 0 Å². The minimum absolute atomic E-state index is 0.854. The molecular weight excluding hydrogens is 192 g/mol. The topological polar surface area (TPSA) is 0 Å². The molecule has 1 heterocycles. The highest BCUT2D eigenvalue weighted by atomic mass is 35.5. The minimum Gasteiger partial charge on any atom is -0.128 e. The van der Waals surface area contributed by atoms with Gasteiger partial charge in [-0.3, -0.25) is 0 Å². The molecule has 0 N–H and O–H groups in total. The Bertz CT molecular complexity index is 184. The lowest BCUT2D eigenvalue weighted by Crippen LogP contribution is -1.62. The van der Waals surface area contributed by atoms with Gasteiger partial charge in [0.15, 0.2) is 0 Å². The van der Waals surface area contributed by atoms with Gasteiger partial charge in [-0.15, -0.1) is 23.0 Å². The van der Waals surface area contributed by atoms with Gasteiger partial charge in [-0.1, -0.05) is 22.4 Å². The molecule has 0 spiro atoms. The van der Waals surface area contributed by atoms with Gasteiger partial charge in [0.2, 0.25) is 0 Å². The van der Waals surface area contributed by atoms with Crippen LogP contribution in [0.15, 0.2) is 12.1 Å². The van der Waals surface area contributed by atoms with Crippen molar-refractivity contribution in [3.05, 3.63) is 21.3 Å². The molecule has 0 radical (unpaired) electrons. The van der Waals surface area contributed by atoms with Crippen molar-refractivity contribution in [1.82, 2.24) is 0 Å². The number of rotatable bonds is 2. The smallest absolute Gasteiger partial charge is 0.0931 e. The van der Waals surface area contributed by atoms with Gasteiger partial charge in [0.25, 0.3) is 0 Å². The lowest BCUT2D eigenvalue weighted by molar-refractivity contribution is 1.57. The zero-order valence-corrected chi connectivity index (χ0v) is 7.79. The molecule has 0 fully saturated rings. The summed E-state index contributed by atoms with van der Waals surface area (Å²) in [5, 5.41) is 0. The number of hydrogen-bond acceptors (Lipinski definition) is 3. The fourth-order valence-electron chi connectivity index (χ4n) is 0.493. The summed E-state index contributed by atoms with van der Waals surface area (Å²) in [4.78, 5) is 1.28. The Morgan fingerprint density at radius 1 is 1.67 bits per heavy atom. The largest absolute Gasteiger partial charge is 0.128 e. The summed E-state index contributed by atoms with van der Waals surface area (Å²) in [5.41, 5.74) is 0. The molecule has 0 saturated carbocycles. The van der Waals surface area contributed by atoms with Crippen LogP contribution in [0.5, 0.6) is 0 Å². The van der Waals surface area contributed by atoms with Gasteiger partial charge in [-0.2, -0.15) is 0 Å². The quantitative estimate of drug-likeness (QED) is 0.558. The van der Waals surface area contributed by atoms with E-state index in [0.29, 0.717) is 0 Å². The van der Waals surface area contributed by atoms with Gasteiger partial charge in [0.1, 0.15) is 0 Å². The number of thiol groups is 1. The van der Waals surface area contributed by atoms with Crippen LogP contribution < -0.4 is 0 Å². The van der Waals surface area contributed by atoms with Crippen molar-refractivity contribution in [3.63, 3.8) is 0 Å². The van der Waals surface area contributed by atoms with Crippen LogP contribution in [0.4, 0.5) is 0 Å². The Kier molecular flexibility index (Phi) is 3.26. The Balaban J connectivity index is 2.61. The van der Waals surface area contributed by atoms with Crippen LogP contribution in [0, 0.1) is 0 Å². The van der Waals surface area contributed by atoms with Gasteiger partial charge >= 0.3 is 0 Å². The molecule has 0 saturated heterocycles.